The minimum absolute atomic E-state index is 0.783. The van der Waals surface area contributed by atoms with Gasteiger partial charge in [0, 0.05) is 38.6 Å². The van der Waals surface area contributed by atoms with Crippen molar-refractivity contribution in [1.82, 2.24) is 30.1 Å². The predicted octanol–water partition coefficient (Wildman–Crippen LogP) is 0.778. The Morgan fingerprint density at radius 1 is 0.909 bits per heavy atom. The van der Waals surface area contributed by atoms with Crippen molar-refractivity contribution in [1.29, 1.82) is 0 Å². The van der Waals surface area contributed by atoms with Gasteiger partial charge in [0.1, 0.15) is 11.8 Å². The first kappa shape index (κ1) is 12.9. The second-order valence-electron chi connectivity index (χ2n) is 5.27. The first-order valence-corrected chi connectivity index (χ1v) is 7.25. The Morgan fingerprint density at radius 3 is 2.41 bits per heavy atom. The molecule has 0 atom stereocenters. The smallest absolute Gasteiger partial charge is 0.225 e. The molecular formula is C14H16N8. The number of hydrogen-bond donors (Lipinski definition) is 1. The van der Waals surface area contributed by atoms with Crippen LogP contribution in [0.5, 0.6) is 0 Å². The third-order valence-electron chi connectivity index (χ3n) is 3.91. The fourth-order valence-corrected chi connectivity index (χ4v) is 2.74. The van der Waals surface area contributed by atoms with Gasteiger partial charge < -0.3 is 9.80 Å². The van der Waals surface area contributed by atoms with Crippen LogP contribution in [-0.2, 0) is 0 Å². The van der Waals surface area contributed by atoms with Gasteiger partial charge in [0.15, 0.2) is 11.3 Å². The summed E-state index contributed by atoms with van der Waals surface area (Å²) >= 11 is 0. The summed E-state index contributed by atoms with van der Waals surface area (Å²) in [6.45, 7) is 5.40. The Balaban J connectivity index is 1.56. The normalized spacial score (nSPS) is 15.5. The zero-order valence-electron chi connectivity index (χ0n) is 12.3. The van der Waals surface area contributed by atoms with Crippen LogP contribution in [0.3, 0.4) is 0 Å². The summed E-state index contributed by atoms with van der Waals surface area (Å²) in [7, 11) is 0. The van der Waals surface area contributed by atoms with Crippen molar-refractivity contribution < 1.29 is 0 Å². The topological polar surface area (TPSA) is 86.7 Å². The van der Waals surface area contributed by atoms with Crippen LogP contribution < -0.4 is 9.80 Å². The maximum atomic E-state index is 4.42. The van der Waals surface area contributed by atoms with Crippen molar-refractivity contribution in [3.63, 3.8) is 0 Å². The number of piperazine rings is 1. The van der Waals surface area contributed by atoms with Crippen molar-refractivity contribution >= 4 is 22.8 Å². The molecule has 0 aliphatic carbocycles. The van der Waals surface area contributed by atoms with E-state index in [-0.39, 0.29) is 0 Å². The number of fused-ring (bicyclic) bond motifs is 1. The van der Waals surface area contributed by atoms with Crippen molar-refractivity contribution in [3.05, 3.63) is 30.5 Å². The molecule has 0 bridgehead atoms. The van der Waals surface area contributed by atoms with Gasteiger partial charge in [-0.05, 0) is 13.0 Å². The van der Waals surface area contributed by atoms with Gasteiger partial charge in [0.2, 0.25) is 5.95 Å². The second-order valence-corrected chi connectivity index (χ2v) is 5.27. The summed E-state index contributed by atoms with van der Waals surface area (Å²) in [4.78, 5) is 21.8. The Hall–Kier alpha value is -2.77. The number of nitrogens with zero attached hydrogens (tertiary/aromatic N) is 7. The van der Waals surface area contributed by atoms with Crippen LogP contribution in [0.25, 0.3) is 11.0 Å². The average molecular weight is 296 g/mol. The zero-order valence-corrected chi connectivity index (χ0v) is 12.3. The first-order chi connectivity index (χ1) is 10.8. The number of aryl methyl sites for hydroxylation is 1. The molecule has 0 amide bonds. The Bertz CT molecular complexity index is 776. The van der Waals surface area contributed by atoms with Crippen LogP contribution in [0.2, 0.25) is 0 Å². The van der Waals surface area contributed by atoms with Crippen molar-refractivity contribution in [2.75, 3.05) is 36.0 Å². The van der Waals surface area contributed by atoms with E-state index in [1.54, 1.807) is 18.7 Å². The van der Waals surface area contributed by atoms with Gasteiger partial charge in [0.05, 0.1) is 5.69 Å². The highest BCUT2D eigenvalue weighted by Gasteiger charge is 2.22. The Labute approximate surface area is 127 Å². The monoisotopic (exact) mass is 296 g/mol. The summed E-state index contributed by atoms with van der Waals surface area (Å²) in [5.74, 6) is 1.67. The lowest BCUT2D eigenvalue weighted by molar-refractivity contribution is 0.635. The number of nitrogens with one attached hydrogen (secondary N) is 1. The van der Waals surface area contributed by atoms with E-state index in [0.29, 0.717) is 0 Å². The number of hydrogen-bond acceptors (Lipinski definition) is 7. The van der Waals surface area contributed by atoms with Gasteiger partial charge in [-0.1, -0.05) is 0 Å². The van der Waals surface area contributed by atoms with Gasteiger partial charge in [-0.2, -0.15) is 5.10 Å². The molecule has 1 fully saturated rings. The molecule has 3 aromatic heterocycles. The number of anilines is 2. The predicted molar refractivity (Wildman–Crippen MR) is 82.9 cm³/mol. The molecule has 0 saturated carbocycles. The van der Waals surface area contributed by atoms with Crippen LogP contribution in [0.15, 0.2) is 24.8 Å². The van der Waals surface area contributed by atoms with Crippen molar-refractivity contribution in [2.24, 2.45) is 0 Å². The van der Waals surface area contributed by atoms with Gasteiger partial charge in [-0.15, -0.1) is 0 Å². The number of aromatic nitrogens is 6. The third-order valence-corrected chi connectivity index (χ3v) is 3.91. The van der Waals surface area contributed by atoms with E-state index < -0.39 is 0 Å². The molecule has 0 unspecified atom stereocenters. The van der Waals surface area contributed by atoms with Crippen LogP contribution in [0.1, 0.15) is 5.69 Å². The lowest BCUT2D eigenvalue weighted by Crippen LogP contribution is -2.47. The molecule has 3 aromatic rings. The highest BCUT2D eigenvalue weighted by Crippen LogP contribution is 2.23. The Kier molecular flexibility index (Phi) is 3.06. The van der Waals surface area contributed by atoms with E-state index in [2.05, 4.69) is 39.9 Å². The van der Waals surface area contributed by atoms with E-state index in [1.165, 1.54) is 0 Å². The summed E-state index contributed by atoms with van der Waals surface area (Å²) in [5.41, 5.74) is 2.69. The van der Waals surface area contributed by atoms with Crippen LogP contribution in [0, 0.1) is 6.92 Å². The maximum Gasteiger partial charge on any atom is 0.225 e. The van der Waals surface area contributed by atoms with Crippen LogP contribution in [0.4, 0.5) is 11.8 Å². The van der Waals surface area contributed by atoms with E-state index >= 15 is 0 Å². The lowest BCUT2D eigenvalue weighted by Gasteiger charge is -2.35. The number of aromatic amines is 1. The summed E-state index contributed by atoms with van der Waals surface area (Å²) in [6.07, 6.45) is 5.15. The standard InChI is InChI=1S/C14H16N8/c1-10-11-12(20-19-10)13(18-9-17-11)21-5-7-22(8-6-21)14-15-3-2-4-16-14/h2-4,9H,5-8H2,1H3,(H,19,20). The molecular weight excluding hydrogens is 280 g/mol. The van der Waals surface area contributed by atoms with Gasteiger partial charge in [-0.3, -0.25) is 5.10 Å². The fraction of sp³-hybridized carbons (Fsp3) is 0.357. The molecule has 4 heterocycles. The summed E-state index contributed by atoms with van der Waals surface area (Å²) in [6, 6.07) is 1.83. The number of rotatable bonds is 2. The molecule has 4 rings (SSSR count). The quantitative estimate of drug-likeness (QED) is 0.747. The van der Waals surface area contributed by atoms with E-state index in [9.17, 15) is 0 Å². The molecule has 0 spiro atoms. The molecule has 112 valence electrons. The molecule has 22 heavy (non-hydrogen) atoms. The average Bonchev–Trinajstić information content (AvgIpc) is 2.97. The van der Waals surface area contributed by atoms with E-state index in [4.69, 9.17) is 0 Å². The minimum Gasteiger partial charge on any atom is -0.351 e. The van der Waals surface area contributed by atoms with Gasteiger partial charge >= 0.3 is 0 Å². The highest BCUT2D eigenvalue weighted by atomic mass is 15.3. The molecule has 1 N–H and O–H groups in total. The molecule has 0 aromatic carbocycles. The molecule has 8 nitrogen and oxygen atoms in total. The molecule has 1 saturated heterocycles. The van der Waals surface area contributed by atoms with Crippen LogP contribution in [-0.4, -0.2) is 56.3 Å². The van der Waals surface area contributed by atoms with Crippen LogP contribution >= 0.6 is 0 Å². The van der Waals surface area contributed by atoms with E-state index in [1.807, 2.05) is 13.0 Å². The van der Waals surface area contributed by atoms with Gasteiger partial charge in [-0.25, -0.2) is 19.9 Å². The molecule has 8 heteroatoms. The van der Waals surface area contributed by atoms with E-state index in [0.717, 1.165) is 54.7 Å². The van der Waals surface area contributed by atoms with Crippen molar-refractivity contribution in [3.8, 4) is 0 Å². The molecule has 0 radical (unpaired) electrons. The maximum absolute atomic E-state index is 4.42. The minimum atomic E-state index is 0.783. The third kappa shape index (κ3) is 2.12. The largest absolute Gasteiger partial charge is 0.351 e. The second kappa shape index (κ2) is 5.21. The zero-order chi connectivity index (χ0) is 14.9. The SMILES string of the molecule is Cc1[nH]nc2c(N3CCN(c4ncccn4)CC3)ncnc12. The van der Waals surface area contributed by atoms with Gasteiger partial charge in [0.25, 0.3) is 0 Å². The molecule has 1 aliphatic rings. The Morgan fingerprint density at radius 2 is 1.64 bits per heavy atom. The summed E-state index contributed by atoms with van der Waals surface area (Å²) in [5, 5.41) is 7.32. The highest BCUT2D eigenvalue weighted by molar-refractivity contribution is 5.87. The fourth-order valence-electron chi connectivity index (χ4n) is 2.74. The lowest BCUT2D eigenvalue weighted by atomic mass is 10.3. The first-order valence-electron chi connectivity index (χ1n) is 7.25. The summed E-state index contributed by atoms with van der Waals surface area (Å²) < 4.78 is 0. The number of H-pyrrole nitrogens is 1. The van der Waals surface area contributed by atoms with Crippen molar-refractivity contribution in [2.45, 2.75) is 6.92 Å². The molecule has 1 aliphatic heterocycles.